The van der Waals surface area contributed by atoms with Crippen LogP contribution in [0.2, 0.25) is 0 Å². The summed E-state index contributed by atoms with van der Waals surface area (Å²) in [5.74, 6) is 0.615. The second-order valence-electron chi connectivity index (χ2n) is 21.3. The number of carboxylic acid groups (broad SMARTS) is 1. The molecule has 0 spiro atoms. The number of amides is 1. The van der Waals surface area contributed by atoms with Crippen LogP contribution in [0.4, 0.5) is 0 Å². The van der Waals surface area contributed by atoms with Crippen molar-refractivity contribution in [2.24, 2.45) is 62.1 Å². The van der Waals surface area contributed by atoms with Crippen LogP contribution in [0.1, 0.15) is 146 Å². The zero-order chi connectivity index (χ0) is 39.8. The van der Waals surface area contributed by atoms with Crippen molar-refractivity contribution in [1.82, 2.24) is 10.2 Å². The molecule has 9 atom stereocenters. The number of aliphatic hydroxyl groups is 1. The van der Waals surface area contributed by atoms with Crippen LogP contribution in [0, 0.1) is 62.1 Å². The Balaban J connectivity index is 1.27. The highest BCUT2D eigenvalue weighted by Gasteiger charge is 2.71. The summed E-state index contributed by atoms with van der Waals surface area (Å²) in [5, 5.41) is 25.1. The largest absolute Gasteiger partial charge is 0.481 e. The molecule has 3 N–H and O–H groups in total. The molecule has 0 aromatic carbocycles. The second-order valence-corrected chi connectivity index (χ2v) is 21.3. The van der Waals surface area contributed by atoms with E-state index in [1.807, 2.05) is 0 Å². The molecule has 5 saturated carbocycles. The summed E-state index contributed by atoms with van der Waals surface area (Å²) in [6.07, 6.45) is 9.58. The molecule has 0 aliphatic heterocycles. The Labute approximate surface area is 325 Å². The molecule has 0 radical (unpaired) electrons. The molecule has 5 fully saturated rings. The van der Waals surface area contributed by atoms with Crippen LogP contribution >= 0.6 is 0 Å². The van der Waals surface area contributed by atoms with E-state index < -0.39 is 28.9 Å². The standard InChI is InChI=1S/C45H72N2O7/c1-27(2)37-31(49)23-45(34(50)26-47(25-29-11-12-29)22-21-46-28(3)48)20-19-43(9)30(38(37)45)13-14-33-42(8)17-16-35(54-36(51)24-40(4,5)39(52)53)41(6,7)32(42)15-18-44(33,43)10/h27,29-30,32-35,50H,11-26H2,1-10H3,(H,46,48)(H,52,53)/t30?,32-,33+,34-,35-,42-,43?,44+,45-/m0/s1. The maximum atomic E-state index is 14.2. The highest BCUT2D eigenvalue weighted by molar-refractivity contribution is 6.00. The van der Waals surface area contributed by atoms with E-state index in [9.17, 15) is 29.4 Å². The van der Waals surface area contributed by atoms with Crippen molar-refractivity contribution in [2.75, 3.05) is 26.2 Å². The summed E-state index contributed by atoms with van der Waals surface area (Å²) in [6.45, 7) is 23.9. The van der Waals surface area contributed by atoms with Crippen LogP contribution in [0.3, 0.4) is 0 Å². The number of hydrogen-bond donors (Lipinski definition) is 3. The van der Waals surface area contributed by atoms with Crippen LogP contribution in [0.15, 0.2) is 11.1 Å². The molecule has 54 heavy (non-hydrogen) atoms. The van der Waals surface area contributed by atoms with Crippen molar-refractivity contribution in [3.63, 3.8) is 0 Å². The van der Waals surface area contributed by atoms with Crippen molar-refractivity contribution >= 4 is 23.6 Å². The highest BCUT2D eigenvalue weighted by Crippen LogP contribution is 2.77. The molecule has 0 saturated heterocycles. The maximum Gasteiger partial charge on any atom is 0.309 e. The third-order valence-electron chi connectivity index (χ3n) is 16.9. The molecular formula is C45H72N2O7. The van der Waals surface area contributed by atoms with Crippen LogP contribution in [-0.2, 0) is 23.9 Å². The average molecular weight is 753 g/mol. The Morgan fingerprint density at radius 3 is 2.22 bits per heavy atom. The minimum absolute atomic E-state index is 0.0256. The number of ether oxygens (including phenoxy) is 1. The Hall–Kier alpha value is -2.26. The molecule has 1 amide bonds. The van der Waals surface area contributed by atoms with Crippen molar-refractivity contribution in [3.05, 3.63) is 11.1 Å². The quantitative estimate of drug-likeness (QED) is 0.164. The van der Waals surface area contributed by atoms with E-state index in [4.69, 9.17) is 4.74 Å². The molecule has 6 aliphatic carbocycles. The lowest BCUT2D eigenvalue weighted by molar-refractivity contribution is -0.235. The van der Waals surface area contributed by atoms with Gasteiger partial charge in [-0.25, -0.2) is 0 Å². The van der Waals surface area contributed by atoms with Crippen LogP contribution < -0.4 is 5.32 Å². The number of allylic oxidation sites excluding steroid dienone is 1. The zero-order valence-electron chi connectivity index (χ0n) is 35.2. The lowest BCUT2D eigenvalue weighted by atomic mass is 9.33. The van der Waals surface area contributed by atoms with E-state index in [1.54, 1.807) is 20.8 Å². The topological polar surface area (TPSA) is 133 Å². The first-order valence-electron chi connectivity index (χ1n) is 21.4. The van der Waals surface area contributed by atoms with Crippen LogP contribution in [0.25, 0.3) is 0 Å². The minimum Gasteiger partial charge on any atom is -0.481 e. The number of nitrogens with zero attached hydrogens (tertiary/aromatic N) is 1. The van der Waals surface area contributed by atoms with Crippen molar-refractivity contribution < 1.29 is 34.1 Å². The smallest absolute Gasteiger partial charge is 0.309 e. The number of hydrogen-bond acceptors (Lipinski definition) is 7. The Kier molecular flexibility index (Phi) is 10.9. The summed E-state index contributed by atoms with van der Waals surface area (Å²) < 4.78 is 6.18. The molecule has 6 rings (SSSR count). The van der Waals surface area contributed by atoms with E-state index in [0.717, 1.165) is 63.5 Å². The fraction of sp³-hybridized carbons (Fsp3) is 0.867. The normalized spacial score (nSPS) is 38.0. The van der Waals surface area contributed by atoms with Gasteiger partial charge in [0.25, 0.3) is 0 Å². The number of esters is 1. The molecule has 0 aromatic rings. The van der Waals surface area contributed by atoms with Gasteiger partial charge < -0.3 is 20.3 Å². The Morgan fingerprint density at radius 2 is 1.61 bits per heavy atom. The minimum atomic E-state index is -1.17. The van der Waals surface area contributed by atoms with Crippen LogP contribution in [0.5, 0.6) is 0 Å². The molecule has 9 nitrogen and oxygen atoms in total. The predicted octanol–water partition coefficient (Wildman–Crippen LogP) is 7.59. The van der Waals surface area contributed by atoms with Gasteiger partial charge in [-0.3, -0.25) is 24.1 Å². The van der Waals surface area contributed by atoms with E-state index >= 15 is 0 Å². The predicted molar refractivity (Wildman–Crippen MR) is 209 cm³/mol. The first-order chi connectivity index (χ1) is 25.0. The van der Waals surface area contributed by atoms with E-state index in [-0.39, 0.29) is 57.7 Å². The van der Waals surface area contributed by atoms with Gasteiger partial charge in [0.1, 0.15) is 6.10 Å². The third-order valence-corrected chi connectivity index (χ3v) is 16.9. The van der Waals surface area contributed by atoms with E-state index in [0.29, 0.717) is 43.8 Å². The number of ketones is 1. The summed E-state index contributed by atoms with van der Waals surface area (Å²) in [4.78, 5) is 53.1. The molecule has 9 heteroatoms. The summed E-state index contributed by atoms with van der Waals surface area (Å²) in [7, 11) is 0. The number of rotatable bonds is 13. The average Bonchev–Trinajstić information content (AvgIpc) is 3.81. The zero-order valence-corrected chi connectivity index (χ0v) is 35.2. The van der Waals surface area contributed by atoms with E-state index in [2.05, 4.69) is 58.7 Å². The number of aliphatic carboxylic acids is 1. The number of carbonyl (C=O) groups excluding carboxylic acids is 3. The summed E-state index contributed by atoms with van der Waals surface area (Å²) in [6, 6.07) is 0. The van der Waals surface area contributed by atoms with Gasteiger partial charge >= 0.3 is 11.9 Å². The summed E-state index contributed by atoms with van der Waals surface area (Å²) in [5.41, 5.74) is 0.399. The lowest BCUT2D eigenvalue weighted by Gasteiger charge is -2.72. The van der Waals surface area contributed by atoms with Gasteiger partial charge in [0.15, 0.2) is 5.78 Å². The SMILES string of the molecule is CC(=O)NCCN(CC1CC1)C[C@H](O)[C@@]12CCC3(C)C(CC[C@@H]4[C@@]5(C)CC[C@H](OC(=O)CC(C)(C)C(=O)O)C(C)(C)[C@@H]5CC[C@]43C)C1=C(C(C)C)C(=O)C2. The maximum absolute atomic E-state index is 14.2. The second kappa shape index (κ2) is 14.3. The fourth-order valence-electron chi connectivity index (χ4n) is 13.6. The van der Waals surface area contributed by atoms with Gasteiger partial charge in [0.2, 0.25) is 5.91 Å². The van der Waals surface area contributed by atoms with Gasteiger partial charge in [-0.15, -0.1) is 0 Å². The number of carbonyl (C=O) groups is 4. The number of aliphatic hydroxyl groups excluding tert-OH is 1. The number of carboxylic acids is 1. The van der Waals surface area contributed by atoms with Gasteiger partial charge in [0, 0.05) is 50.4 Å². The first-order valence-corrected chi connectivity index (χ1v) is 21.4. The molecule has 0 bridgehead atoms. The highest BCUT2D eigenvalue weighted by atomic mass is 16.5. The first kappa shape index (κ1) is 41.4. The molecule has 0 heterocycles. The van der Waals surface area contributed by atoms with Gasteiger partial charge in [-0.1, -0.05) is 54.0 Å². The molecule has 304 valence electrons. The van der Waals surface area contributed by atoms with Gasteiger partial charge in [0.05, 0.1) is 17.9 Å². The van der Waals surface area contributed by atoms with Crippen molar-refractivity contribution in [3.8, 4) is 0 Å². The van der Waals surface area contributed by atoms with Crippen LogP contribution in [-0.4, -0.2) is 77.1 Å². The molecule has 0 aromatic heterocycles. The molecular weight excluding hydrogens is 681 g/mol. The van der Waals surface area contributed by atoms with Crippen molar-refractivity contribution in [1.29, 1.82) is 0 Å². The van der Waals surface area contributed by atoms with Crippen molar-refractivity contribution in [2.45, 2.75) is 158 Å². The third kappa shape index (κ3) is 6.81. The number of fused-ring (bicyclic) bond motifs is 7. The van der Waals surface area contributed by atoms with Gasteiger partial charge in [-0.2, -0.15) is 0 Å². The fourth-order valence-corrected chi connectivity index (χ4v) is 13.6. The lowest BCUT2D eigenvalue weighted by Crippen LogP contribution is -2.66. The Bertz CT molecular complexity index is 1550. The number of nitrogens with one attached hydrogen (secondary N) is 1. The Morgan fingerprint density at radius 1 is 0.926 bits per heavy atom. The number of Topliss-reactive ketones (excluding diaryl/α,β-unsaturated/α-hetero) is 1. The monoisotopic (exact) mass is 753 g/mol. The molecule has 2 unspecified atom stereocenters. The molecule has 6 aliphatic rings. The van der Waals surface area contributed by atoms with E-state index in [1.165, 1.54) is 18.4 Å². The summed E-state index contributed by atoms with van der Waals surface area (Å²) >= 11 is 0. The van der Waals surface area contributed by atoms with Gasteiger partial charge in [-0.05, 0) is 129 Å².